The Kier molecular flexibility index (Phi) is 10.9. The predicted molar refractivity (Wildman–Crippen MR) is 57.5 cm³/mol. The molecule has 0 aromatic carbocycles. The van der Waals surface area contributed by atoms with Gasteiger partial charge in [0.1, 0.15) is 0 Å². The molecular formula is C12H22O2Y-2. The van der Waals surface area contributed by atoms with Crippen molar-refractivity contribution in [3.05, 3.63) is 12.8 Å². The van der Waals surface area contributed by atoms with E-state index in [1.54, 1.807) is 0 Å². The molecule has 3 heteroatoms. The molecule has 15 heavy (non-hydrogen) atoms. The molecule has 2 N–H and O–H groups in total. The molecule has 0 aromatic rings. The van der Waals surface area contributed by atoms with Gasteiger partial charge in [-0.1, -0.05) is 25.7 Å². The summed E-state index contributed by atoms with van der Waals surface area (Å²) in [7, 11) is 0. The zero-order valence-electron chi connectivity index (χ0n) is 9.44. The van der Waals surface area contributed by atoms with Crippen LogP contribution >= 0.6 is 0 Å². The Labute approximate surface area is 119 Å². The third-order valence-corrected chi connectivity index (χ3v) is 2.82. The molecule has 0 aliphatic heterocycles. The van der Waals surface area contributed by atoms with Gasteiger partial charge in [0, 0.05) is 44.9 Å². The molecule has 0 spiro atoms. The van der Waals surface area contributed by atoms with E-state index in [1.807, 2.05) is 0 Å². The number of aliphatic hydroxyl groups is 2. The molecule has 0 saturated heterocycles. The number of aliphatic hydroxyl groups excluding tert-OH is 2. The molecule has 1 radical (unpaired) electrons. The molecule has 0 atom stereocenters. The van der Waals surface area contributed by atoms with E-state index in [4.69, 9.17) is 10.2 Å². The summed E-state index contributed by atoms with van der Waals surface area (Å²) in [6, 6.07) is 0. The zero-order chi connectivity index (χ0) is 10.2. The molecule has 2 nitrogen and oxygen atoms in total. The second-order valence-electron chi connectivity index (χ2n) is 4.19. The minimum atomic E-state index is 0. The Bertz CT molecular complexity index is 114. The first-order valence-electron chi connectivity index (χ1n) is 5.78. The van der Waals surface area contributed by atoms with Crippen LogP contribution in [0.5, 0.6) is 0 Å². The van der Waals surface area contributed by atoms with Gasteiger partial charge in [-0.3, -0.25) is 0 Å². The van der Waals surface area contributed by atoms with Gasteiger partial charge in [0.15, 0.2) is 0 Å². The van der Waals surface area contributed by atoms with Crippen LogP contribution in [0.1, 0.15) is 51.4 Å². The van der Waals surface area contributed by atoms with Crippen molar-refractivity contribution in [2.45, 2.75) is 63.6 Å². The van der Waals surface area contributed by atoms with Gasteiger partial charge >= 0.3 is 0 Å². The minimum absolute atomic E-state index is 0. The molecule has 2 aliphatic rings. The van der Waals surface area contributed by atoms with Crippen molar-refractivity contribution in [3.8, 4) is 0 Å². The van der Waals surface area contributed by atoms with Gasteiger partial charge in [-0.15, -0.1) is 0 Å². The van der Waals surface area contributed by atoms with Crippen LogP contribution in [-0.4, -0.2) is 22.4 Å². The monoisotopic (exact) mass is 287 g/mol. The van der Waals surface area contributed by atoms with Gasteiger partial charge in [0.2, 0.25) is 0 Å². The molecule has 0 aromatic heterocycles. The summed E-state index contributed by atoms with van der Waals surface area (Å²) in [6.45, 7) is 0. The van der Waals surface area contributed by atoms with E-state index in [2.05, 4.69) is 12.8 Å². The topological polar surface area (TPSA) is 40.5 Å². The number of rotatable bonds is 0. The van der Waals surface area contributed by atoms with E-state index in [0.717, 1.165) is 51.4 Å². The van der Waals surface area contributed by atoms with Gasteiger partial charge in [0.25, 0.3) is 0 Å². The zero-order valence-corrected chi connectivity index (χ0v) is 12.3. The van der Waals surface area contributed by atoms with Crippen LogP contribution in [0.3, 0.4) is 0 Å². The third-order valence-electron chi connectivity index (χ3n) is 2.82. The van der Waals surface area contributed by atoms with Gasteiger partial charge < -0.3 is 23.1 Å². The van der Waals surface area contributed by atoms with E-state index in [0.29, 0.717) is 0 Å². The van der Waals surface area contributed by atoms with Crippen molar-refractivity contribution in [2.24, 2.45) is 0 Å². The van der Waals surface area contributed by atoms with Crippen LogP contribution in [0, 0.1) is 12.8 Å². The molecule has 0 bridgehead atoms. The summed E-state index contributed by atoms with van der Waals surface area (Å²) in [4.78, 5) is 0. The maximum atomic E-state index is 8.89. The largest absolute Gasteiger partial charge is 0.393 e. The molecule has 0 heterocycles. The Morgan fingerprint density at radius 1 is 0.667 bits per heavy atom. The summed E-state index contributed by atoms with van der Waals surface area (Å²) in [5.41, 5.74) is 0. The van der Waals surface area contributed by atoms with Crippen molar-refractivity contribution in [3.63, 3.8) is 0 Å². The van der Waals surface area contributed by atoms with Crippen molar-refractivity contribution >= 4 is 0 Å². The predicted octanol–water partition coefficient (Wildman–Crippen LogP) is 2.25. The fourth-order valence-corrected chi connectivity index (χ4v) is 1.82. The maximum absolute atomic E-state index is 8.89. The second kappa shape index (κ2) is 10.2. The van der Waals surface area contributed by atoms with E-state index in [-0.39, 0.29) is 44.9 Å². The molecule has 0 amide bonds. The minimum Gasteiger partial charge on any atom is -0.393 e. The normalized spacial score (nSPS) is 23.6. The number of hydrogen-bond donors (Lipinski definition) is 2. The first kappa shape index (κ1) is 16.0. The van der Waals surface area contributed by atoms with Crippen molar-refractivity contribution in [2.75, 3.05) is 0 Å². The summed E-state index contributed by atoms with van der Waals surface area (Å²) in [6.07, 6.45) is 12.9. The van der Waals surface area contributed by atoms with Crippen LogP contribution < -0.4 is 0 Å². The van der Waals surface area contributed by atoms with E-state index < -0.39 is 0 Å². The standard InChI is InChI=1S/2C6H11O.Y/c2*7-6-4-2-1-3-5-6;/h2*1,6-7H,2-5H2;/q2*-1;. The van der Waals surface area contributed by atoms with Gasteiger partial charge in [-0.05, 0) is 0 Å². The van der Waals surface area contributed by atoms with Crippen LogP contribution in [0.15, 0.2) is 0 Å². The molecule has 2 saturated carbocycles. The molecule has 2 fully saturated rings. The molecule has 87 valence electrons. The van der Waals surface area contributed by atoms with Gasteiger partial charge in [-0.2, -0.15) is 25.7 Å². The third kappa shape index (κ3) is 8.79. The summed E-state index contributed by atoms with van der Waals surface area (Å²) in [5, 5.41) is 17.8. The van der Waals surface area contributed by atoms with Crippen molar-refractivity contribution in [1.82, 2.24) is 0 Å². The van der Waals surface area contributed by atoms with Crippen LogP contribution in [0.2, 0.25) is 0 Å². The van der Waals surface area contributed by atoms with Gasteiger partial charge in [-0.25, -0.2) is 0 Å². The fourth-order valence-electron chi connectivity index (χ4n) is 1.82. The summed E-state index contributed by atoms with van der Waals surface area (Å²) in [5.74, 6) is 0. The molecule has 0 unspecified atom stereocenters. The van der Waals surface area contributed by atoms with E-state index >= 15 is 0 Å². The van der Waals surface area contributed by atoms with Crippen LogP contribution in [0.4, 0.5) is 0 Å². The molecular weight excluding hydrogens is 265 g/mol. The Balaban J connectivity index is 0.000000245. The second-order valence-corrected chi connectivity index (χ2v) is 4.19. The van der Waals surface area contributed by atoms with Crippen LogP contribution in [-0.2, 0) is 32.7 Å². The van der Waals surface area contributed by atoms with E-state index in [1.165, 1.54) is 0 Å². The smallest absolute Gasteiger partial charge is 0.0491 e. The Morgan fingerprint density at radius 3 is 1.07 bits per heavy atom. The van der Waals surface area contributed by atoms with Crippen molar-refractivity contribution in [1.29, 1.82) is 0 Å². The summed E-state index contributed by atoms with van der Waals surface area (Å²) < 4.78 is 0. The Morgan fingerprint density at radius 2 is 0.933 bits per heavy atom. The quantitative estimate of drug-likeness (QED) is 0.671. The number of hydrogen-bond acceptors (Lipinski definition) is 2. The Hall–Kier alpha value is 1.02. The average molecular weight is 287 g/mol. The first-order chi connectivity index (χ1) is 6.79. The SMILES string of the molecule is OC1CC[CH-]CC1.OC1CC[CH-]CC1.[Y]. The summed E-state index contributed by atoms with van der Waals surface area (Å²) >= 11 is 0. The fraction of sp³-hybridized carbons (Fsp3) is 0.833. The van der Waals surface area contributed by atoms with E-state index in [9.17, 15) is 0 Å². The van der Waals surface area contributed by atoms with Crippen molar-refractivity contribution < 1.29 is 42.9 Å². The first-order valence-corrected chi connectivity index (χ1v) is 5.78. The average Bonchev–Trinajstić information content (AvgIpc) is 2.21. The van der Waals surface area contributed by atoms with Crippen LogP contribution in [0.25, 0.3) is 0 Å². The molecule has 2 rings (SSSR count). The van der Waals surface area contributed by atoms with Gasteiger partial charge in [0.05, 0.1) is 0 Å². The molecule has 2 aliphatic carbocycles. The maximum Gasteiger partial charge on any atom is 0.0491 e.